The van der Waals surface area contributed by atoms with Crippen LogP contribution in [0, 0.1) is 13.8 Å². The standard InChI is InChI=1S/C23H21F3N6O/c1-14-3-5-16(6-4-14)17-7-10-27-22-21(17)15(2)29-31(22)13-20(33)30-12-9-18(23(24,25)26)32-19(30)8-11-28-32/h3-8,10-11,18H,9,12-13H2,1-2H3. The number of nitrogens with zero attached hydrogens (tertiary/aromatic N) is 6. The second-order valence-electron chi connectivity index (χ2n) is 8.19. The van der Waals surface area contributed by atoms with Crippen LogP contribution in [0.15, 0.2) is 48.8 Å². The van der Waals surface area contributed by atoms with E-state index in [-0.39, 0.29) is 31.2 Å². The molecule has 10 heteroatoms. The number of anilines is 1. The van der Waals surface area contributed by atoms with E-state index in [0.29, 0.717) is 5.65 Å². The molecule has 3 aromatic heterocycles. The van der Waals surface area contributed by atoms with E-state index in [2.05, 4.69) is 15.2 Å². The highest BCUT2D eigenvalue weighted by Crippen LogP contribution is 2.39. The second kappa shape index (κ2) is 7.72. The fraction of sp³-hybridized carbons (Fsp3) is 0.304. The topological polar surface area (TPSA) is 68.8 Å². The quantitative estimate of drug-likeness (QED) is 0.459. The van der Waals surface area contributed by atoms with Gasteiger partial charge in [0, 0.05) is 24.2 Å². The number of amides is 1. The molecule has 1 atom stereocenters. The second-order valence-corrected chi connectivity index (χ2v) is 8.19. The van der Waals surface area contributed by atoms with E-state index in [1.165, 1.54) is 21.8 Å². The molecule has 7 nitrogen and oxygen atoms in total. The Hall–Kier alpha value is -3.69. The maximum atomic E-state index is 13.4. The molecular weight excluding hydrogens is 433 g/mol. The van der Waals surface area contributed by atoms with Crippen LogP contribution < -0.4 is 4.90 Å². The zero-order valence-corrected chi connectivity index (χ0v) is 18.0. The summed E-state index contributed by atoms with van der Waals surface area (Å²) in [5.41, 5.74) is 4.40. The number of fused-ring (bicyclic) bond motifs is 2. The molecule has 170 valence electrons. The zero-order chi connectivity index (χ0) is 23.3. The van der Waals surface area contributed by atoms with Gasteiger partial charge in [0.2, 0.25) is 5.91 Å². The first-order valence-corrected chi connectivity index (χ1v) is 10.5. The van der Waals surface area contributed by atoms with Crippen molar-refractivity contribution in [1.29, 1.82) is 0 Å². The van der Waals surface area contributed by atoms with Gasteiger partial charge < -0.3 is 0 Å². The average Bonchev–Trinajstić information content (AvgIpc) is 3.38. The Kier molecular flexibility index (Phi) is 4.95. The predicted molar refractivity (Wildman–Crippen MR) is 117 cm³/mol. The summed E-state index contributed by atoms with van der Waals surface area (Å²) in [6, 6.07) is 9.70. The normalized spacial score (nSPS) is 16.3. The number of hydrogen-bond donors (Lipinski definition) is 0. The molecule has 0 spiro atoms. The summed E-state index contributed by atoms with van der Waals surface area (Å²) in [6.07, 6.45) is -1.73. The predicted octanol–water partition coefficient (Wildman–Crippen LogP) is 4.45. The molecule has 33 heavy (non-hydrogen) atoms. The van der Waals surface area contributed by atoms with E-state index in [0.717, 1.165) is 32.5 Å². The van der Waals surface area contributed by atoms with E-state index < -0.39 is 12.2 Å². The largest absolute Gasteiger partial charge is 0.410 e. The zero-order valence-electron chi connectivity index (χ0n) is 18.0. The van der Waals surface area contributed by atoms with Crippen molar-refractivity contribution < 1.29 is 18.0 Å². The lowest BCUT2D eigenvalue weighted by atomic mass is 10.0. The van der Waals surface area contributed by atoms with Crippen LogP contribution >= 0.6 is 0 Å². The van der Waals surface area contributed by atoms with E-state index in [1.54, 1.807) is 6.20 Å². The number of pyridine rings is 1. The highest BCUT2D eigenvalue weighted by atomic mass is 19.4. The van der Waals surface area contributed by atoms with Gasteiger partial charge >= 0.3 is 6.18 Å². The van der Waals surface area contributed by atoms with E-state index in [1.807, 2.05) is 44.2 Å². The van der Waals surface area contributed by atoms with Crippen molar-refractivity contribution in [1.82, 2.24) is 24.5 Å². The van der Waals surface area contributed by atoms with Crippen LogP contribution in [0.25, 0.3) is 22.2 Å². The molecular formula is C23H21F3N6O. The molecule has 0 fully saturated rings. The van der Waals surface area contributed by atoms with Gasteiger partial charge in [-0.25, -0.2) is 14.3 Å². The summed E-state index contributed by atoms with van der Waals surface area (Å²) >= 11 is 0. The Morgan fingerprint density at radius 1 is 1.09 bits per heavy atom. The average molecular weight is 454 g/mol. The maximum absolute atomic E-state index is 13.4. The van der Waals surface area contributed by atoms with Crippen LogP contribution in [0.2, 0.25) is 0 Å². The third kappa shape index (κ3) is 3.65. The van der Waals surface area contributed by atoms with Gasteiger partial charge in [0.15, 0.2) is 11.7 Å². The molecule has 1 amide bonds. The monoisotopic (exact) mass is 454 g/mol. The van der Waals surface area contributed by atoms with E-state index in [9.17, 15) is 18.0 Å². The molecule has 5 rings (SSSR count). The highest BCUT2D eigenvalue weighted by molar-refractivity contribution is 5.97. The van der Waals surface area contributed by atoms with Gasteiger partial charge in [-0.3, -0.25) is 9.69 Å². The van der Waals surface area contributed by atoms with Crippen molar-refractivity contribution in [2.24, 2.45) is 0 Å². The minimum atomic E-state index is -4.43. The van der Waals surface area contributed by atoms with Gasteiger partial charge in [0.25, 0.3) is 0 Å². The van der Waals surface area contributed by atoms with E-state index >= 15 is 0 Å². The molecule has 4 heterocycles. The maximum Gasteiger partial charge on any atom is 0.410 e. The first kappa shape index (κ1) is 21.2. The molecule has 0 bridgehead atoms. The van der Waals surface area contributed by atoms with Gasteiger partial charge in [0.05, 0.1) is 11.9 Å². The Balaban J connectivity index is 1.47. The number of halogens is 3. The van der Waals surface area contributed by atoms with Crippen molar-refractivity contribution in [2.75, 3.05) is 11.4 Å². The van der Waals surface area contributed by atoms with Crippen molar-refractivity contribution >= 4 is 22.8 Å². The Bertz CT molecular complexity index is 1340. The molecule has 1 aromatic carbocycles. The number of aryl methyl sites for hydroxylation is 2. The number of carbonyl (C=O) groups is 1. The fourth-order valence-electron chi connectivity index (χ4n) is 4.38. The van der Waals surface area contributed by atoms with Gasteiger partial charge in [-0.15, -0.1) is 0 Å². The van der Waals surface area contributed by atoms with Crippen LogP contribution in [-0.2, 0) is 11.3 Å². The van der Waals surface area contributed by atoms with Crippen LogP contribution in [0.4, 0.5) is 19.0 Å². The molecule has 1 unspecified atom stereocenters. The Morgan fingerprint density at radius 2 is 1.85 bits per heavy atom. The molecule has 0 N–H and O–H groups in total. The van der Waals surface area contributed by atoms with Crippen LogP contribution in [0.1, 0.15) is 23.7 Å². The van der Waals surface area contributed by atoms with Gasteiger partial charge in [0.1, 0.15) is 12.4 Å². The van der Waals surface area contributed by atoms with Crippen molar-refractivity contribution in [3.8, 4) is 11.1 Å². The molecule has 0 saturated carbocycles. The molecule has 0 saturated heterocycles. The van der Waals surface area contributed by atoms with Crippen LogP contribution in [0.5, 0.6) is 0 Å². The first-order valence-electron chi connectivity index (χ1n) is 10.5. The number of benzene rings is 1. The molecule has 0 aliphatic carbocycles. The molecule has 4 aromatic rings. The van der Waals surface area contributed by atoms with Crippen LogP contribution in [0.3, 0.4) is 0 Å². The van der Waals surface area contributed by atoms with Crippen LogP contribution in [-0.4, -0.2) is 43.2 Å². The molecule has 1 aliphatic rings. The lowest BCUT2D eigenvalue weighted by Crippen LogP contribution is -2.44. The number of alkyl halides is 3. The lowest BCUT2D eigenvalue weighted by Gasteiger charge is -2.33. The third-order valence-corrected chi connectivity index (χ3v) is 5.98. The third-order valence-electron chi connectivity index (χ3n) is 5.98. The molecule has 1 aliphatic heterocycles. The summed E-state index contributed by atoms with van der Waals surface area (Å²) in [4.78, 5) is 18.9. The Morgan fingerprint density at radius 3 is 2.58 bits per heavy atom. The smallest absolute Gasteiger partial charge is 0.295 e. The summed E-state index contributed by atoms with van der Waals surface area (Å²) in [6.45, 7) is 3.68. The highest BCUT2D eigenvalue weighted by Gasteiger charge is 2.45. The van der Waals surface area contributed by atoms with Crippen molar-refractivity contribution in [2.45, 2.75) is 39.0 Å². The van der Waals surface area contributed by atoms with Gasteiger partial charge in [-0.05, 0) is 37.5 Å². The van der Waals surface area contributed by atoms with Crippen molar-refractivity contribution in [3.05, 3.63) is 60.0 Å². The summed E-state index contributed by atoms with van der Waals surface area (Å²) in [5, 5.41) is 9.19. The first-order chi connectivity index (χ1) is 15.7. The fourth-order valence-corrected chi connectivity index (χ4v) is 4.38. The SMILES string of the molecule is Cc1ccc(-c2ccnc3c2c(C)nn3CC(=O)N2CCC(C(F)(F)F)n3nccc32)cc1. The van der Waals surface area contributed by atoms with E-state index in [4.69, 9.17) is 0 Å². The number of hydrogen-bond acceptors (Lipinski definition) is 4. The summed E-state index contributed by atoms with van der Waals surface area (Å²) in [7, 11) is 0. The summed E-state index contributed by atoms with van der Waals surface area (Å²) < 4.78 is 42.5. The van der Waals surface area contributed by atoms with Crippen molar-refractivity contribution in [3.63, 3.8) is 0 Å². The number of aromatic nitrogens is 5. The van der Waals surface area contributed by atoms with Gasteiger partial charge in [-0.2, -0.15) is 23.4 Å². The number of carbonyl (C=O) groups excluding carboxylic acids is 1. The summed E-state index contributed by atoms with van der Waals surface area (Å²) in [5.74, 6) is -0.237. The Labute approximate surface area is 187 Å². The van der Waals surface area contributed by atoms with Gasteiger partial charge in [-0.1, -0.05) is 29.8 Å². The lowest BCUT2D eigenvalue weighted by molar-refractivity contribution is -0.172. The minimum absolute atomic E-state index is 0.0467. The molecule has 0 radical (unpaired) electrons. The number of rotatable bonds is 3. The minimum Gasteiger partial charge on any atom is -0.295 e.